The number of benzene rings is 2. The number of carbonyl (C=O) groups is 1. The third kappa shape index (κ3) is 5.30. The van der Waals surface area contributed by atoms with E-state index in [0.29, 0.717) is 12.6 Å². The van der Waals surface area contributed by atoms with Crippen molar-refractivity contribution < 1.29 is 9.90 Å². The van der Waals surface area contributed by atoms with Crippen LogP contribution in [0.25, 0.3) is 10.8 Å². The van der Waals surface area contributed by atoms with E-state index in [1.54, 1.807) is 6.08 Å². The summed E-state index contributed by atoms with van der Waals surface area (Å²) in [7, 11) is 4.33. The van der Waals surface area contributed by atoms with Crippen LogP contribution in [0, 0.1) is 0 Å². The lowest BCUT2D eigenvalue weighted by molar-refractivity contribution is -0.104. The summed E-state index contributed by atoms with van der Waals surface area (Å²) in [5.74, 6) is 2.18. The van der Waals surface area contributed by atoms with Crippen LogP contribution >= 0.6 is 0 Å². The lowest BCUT2D eigenvalue weighted by Gasteiger charge is -2.39. The van der Waals surface area contributed by atoms with Crippen LogP contribution in [0.3, 0.4) is 0 Å². The highest BCUT2D eigenvalue weighted by atomic mass is 16.3. The molecule has 9 heteroatoms. The molecular formula is C31H39N7O2. The Kier molecular flexibility index (Phi) is 7.47. The normalized spacial score (nSPS) is 18.7. The molecule has 3 aliphatic heterocycles. The van der Waals surface area contributed by atoms with Gasteiger partial charge in [-0.15, -0.1) is 0 Å². The molecule has 0 unspecified atom stereocenters. The number of nitrogens with zero attached hydrogens (tertiary/aromatic N) is 7. The Bertz CT molecular complexity index is 1390. The molecule has 1 N–H and O–H groups in total. The third-order valence-electron chi connectivity index (χ3n) is 8.66. The van der Waals surface area contributed by atoms with Gasteiger partial charge in [0.2, 0.25) is 5.95 Å². The molecule has 0 amide bonds. The predicted octanol–water partition coefficient (Wildman–Crippen LogP) is 3.26. The van der Waals surface area contributed by atoms with Crippen LogP contribution < -0.4 is 14.7 Å². The molecule has 0 bridgehead atoms. The highest BCUT2D eigenvalue weighted by Crippen LogP contribution is 2.36. The molecule has 2 saturated heterocycles. The van der Waals surface area contributed by atoms with Crippen LogP contribution in [0.5, 0.6) is 5.75 Å². The number of aromatic nitrogens is 2. The first-order chi connectivity index (χ1) is 19.5. The first kappa shape index (κ1) is 26.4. The Morgan fingerprint density at radius 1 is 0.925 bits per heavy atom. The van der Waals surface area contributed by atoms with Crippen molar-refractivity contribution >= 4 is 34.5 Å². The molecule has 0 spiro atoms. The van der Waals surface area contributed by atoms with Gasteiger partial charge in [0.15, 0.2) is 0 Å². The van der Waals surface area contributed by atoms with Crippen molar-refractivity contribution in [3.05, 3.63) is 59.9 Å². The largest absolute Gasteiger partial charge is 0.508 e. The van der Waals surface area contributed by atoms with Gasteiger partial charge in [0.1, 0.15) is 17.9 Å². The Morgan fingerprint density at radius 2 is 1.70 bits per heavy atom. The maximum absolute atomic E-state index is 10.8. The van der Waals surface area contributed by atoms with E-state index >= 15 is 0 Å². The van der Waals surface area contributed by atoms with Crippen molar-refractivity contribution in [1.82, 2.24) is 19.8 Å². The Morgan fingerprint density at radius 3 is 2.45 bits per heavy atom. The number of allylic oxidation sites excluding steroid dienone is 1. The van der Waals surface area contributed by atoms with Crippen LogP contribution in [-0.2, 0) is 17.8 Å². The van der Waals surface area contributed by atoms with Crippen LogP contribution in [-0.4, -0.2) is 97.1 Å². The van der Waals surface area contributed by atoms with Gasteiger partial charge in [0, 0.05) is 80.8 Å². The second-order valence-electron chi connectivity index (χ2n) is 11.3. The van der Waals surface area contributed by atoms with E-state index in [9.17, 15) is 9.90 Å². The number of phenols is 1. The van der Waals surface area contributed by atoms with Crippen molar-refractivity contribution in [3.8, 4) is 5.75 Å². The van der Waals surface area contributed by atoms with Crippen molar-refractivity contribution in [2.24, 2.45) is 0 Å². The Labute approximate surface area is 236 Å². The topological polar surface area (TPSA) is 79.3 Å². The number of fused-ring (bicyclic) bond motifs is 2. The SMILES string of the molecule is CN(C)C1CCN(c2nc3c(c(N4CCN(C=CC=O)CC4)n2)CCN(c2cc(O)cc4ccccc24)C3)CC1. The molecule has 0 saturated carbocycles. The number of hydrogen-bond donors (Lipinski definition) is 1. The highest BCUT2D eigenvalue weighted by Gasteiger charge is 2.30. The summed E-state index contributed by atoms with van der Waals surface area (Å²) in [5.41, 5.74) is 3.37. The number of anilines is 3. The molecular weight excluding hydrogens is 502 g/mol. The predicted molar refractivity (Wildman–Crippen MR) is 160 cm³/mol. The fourth-order valence-corrected chi connectivity index (χ4v) is 6.37. The first-order valence-corrected chi connectivity index (χ1v) is 14.4. The average molecular weight is 542 g/mol. The van der Waals surface area contributed by atoms with Gasteiger partial charge in [0.05, 0.1) is 12.2 Å². The van der Waals surface area contributed by atoms with E-state index in [2.05, 4.69) is 56.8 Å². The van der Waals surface area contributed by atoms with E-state index in [-0.39, 0.29) is 5.75 Å². The van der Waals surface area contributed by atoms with Gasteiger partial charge in [-0.1, -0.05) is 24.3 Å². The molecule has 1 aromatic heterocycles. The Hall–Kier alpha value is -3.85. The third-order valence-corrected chi connectivity index (χ3v) is 8.66. The molecule has 0 atom stereocenters. The summed E-state index contributed by atoms with van der Waals surface area (Å²) in [5, 5.41) is 12.7. The van der Waals surface area contributed by atoms with Gasteiger partial charge >= 0.3 is 0 Å². The van der Waals surface area contributed by atoms with Crippen LogP contribution in [0.2, 0.25) is 0 Å². The monoisotopic (exact) mass is 541 g/mol. The zero-order chi connectivity index (χ0) is 27.6. The van der Waals surface area contributed by atoms with Gasteiger partial charge < -0.3 is 29.6 Å². The maximum atomic E-state index is 10.8. The molecule has 9 nitrogen and oxygen atoms in total. The average Bonchev–Trinajstić information content (AvgIpc) is 2.99. The fourth-order valence-electron chi connectivity index (χ4n) is 6.37. The second kappa shape index (κ2) is 11.3. The molecule has 6 rings (SSSR count). The van der Waals surface area contributed by atoms with Gasteiger partial charge in [-0.05, 0) is 50.9 Å². The number of piperidine rings is 1. The summed E-state index contributed by atoms with van der Waals surface area (Å²) < 4.78 is 0. The van der Waals surface area contributed by atoms with Crippen molar-refractivity contribution in [3.63, 3.8) is 0 Å². The summed E-state index contributed by atoms with van der Waals surface area (Å²) in [6.45, 7) is 6.85. The van der Waals surface area contributed by atoms with Crippen molar-refractivity contribution in [1.29, 1.82) is 0 Å². The number of hydrogen-bond acceptors (Lipinski definition) is 9. The molecule has 4 heterocycles. The van der Waals surface area contributed by atoms with Gasteiger partial charge in [-0.2, -0.15) is 4.98 Å². The zero-order valence-corrected chi connectivity index (χ0v) is 23.5. The van der Waals surface area contributed by atoms with E-state index in [0.717, 1.165) is 105 Å². The van der Waals surface area contributed by atoms with Crippen molar-refractivity contribution in [2.45, 2.75) is 31.8 Å². The molecule has 0 aliphatic carbocycles. The summed E-state index contributed by atoms with van der Waals surface area (Å²) in [4.78, 5) is 32.9. The van der Waals surface area contributed by atoms with Gasteiger partial charge in [0.25, 0.3) is 0 Å². The van der Waals surface area contributed by atoms with Gasteiger partial charge in [-0.3, -0.25) is 4.79 Å². The molecule has 3 aromatic rings. The molecule has 3 aliphatic rings. The molecule has 2 fully saturated rings. The minimum atomic E-state index is 0.286. The number of aromatic hydroxyl groups is 1. The summed E-state index contributed by atoms with van der Waals surface area (Å²) in [6.07, 6.45) is 7.34. The van der Waals surface area contributed by atoms with Crippen molar-refractivity contribution in [2.75, 3.05) is 74.6 Å². The van der Waals surface area contributed by atoms with Crippen LogP contribution in [0.4, 0.5) is 17.5 Å². The number of carbonyl (C=O) groups excluding carboxylic acids is 1. The smallest absolute Gasteiger partial charge is 0.227 e. The maximum Gasteiger partial charge on any atom is 0.227 e. The minimum Gasteiger partial charge on any atom is -0.508 e. The van der Waals surface area contributed by atoms with Crippen LogP contribution in [0.15, 0.2) is 48.7 Å². The summed E-state index contributed by atoms with van der Waals surface area (Å²) in [6, 6.07) is 12.6. The van der Waals surface area contributed by atoms with E-state index < -0.39 is 0 Å². The number of phenolic OH excluding ortho intramolecular Hbond substituents is 1. The lowest BCUT2D eigenvalue weighted by atomic mass is 10.0. The number of rotatable bonds is 6. The summed E-state index contributed by atoms with van der Waals surface area (Å²) >= 11 is 0. The first-order valence-electron chi connectivity index (χ1n) is 14.4. The highest BCUT2D eigenvalue weighted by molar-refractivity contribution is 5.95. The molecule has 2 aromatic carbocycles. The van der Waals surface area contributed by atoms with E-state index in [4.69, 9.17) is 9.97 Å². The molecule has 0 radical (unpaired) electrons. The van der Waals surface area contributed by atoms with Crippen LogP contribution in [0.1, 0.15) is 24.1 Å². The standard InChI is InChI=1S/C31H39N7O2/c1-34(2)24-8-12-37(13-9-24)31-32-28-22-38(29-21-25(40)20-23-6-3-4-7-26(23)29)14-10-27(28)30(33-31)36-17-15-35(16-18-36)11-5-19-39/h3-7,11,19-21,24,40H,8-10,12-18,22H2,1-2H3. The number of piperazine rings is 1. The molecule has 40 heavy (non-hydrogen) atoms. The molecule has 210 valence electrons. The second-order valence-corrected chi connectivity index (χ2v) is 11.3. The van der Waals surface area contributed by atoms with Gasteiger partial charge in [-0.25, -0.2) is 4.98 Å². The fraction of sp³-hybridized carbons (Fsp3) is 0.452. The Balaban J connectivity index is 1.33. The minimum absolute atomic E-state index is 0.286. The zero-order valence-electron chi connectivity index (χ0n) is 23.5. The lowest BCUT2D eigenvalue weighted by Crippen LogP contribution is -2.46. The number of aldehydes is 1. The quantitative estimate of drug-likeness (QED) is 0.374. The van der Waals surface area contributed by atoms with E-state index in [1.165, 1.54) is 5.56 Å². The van der Waals surface area contributed by atoms with E-state index in [1.807, 2.05) is 24.4 Å².